The average molecular weight is 470 g/mol. The molecule has 0 saturated carbocycles. The fourth-order valence-electron chi connectivity index (χ4n) is 4.36. The molecule has 1 aliphatic rings. The third-order valence-electron chi connectivity index (χ3n) is 6.22. The summed E-state index contributed by atoms with van der Waals surface area (Å²) in [6.45, 7) is 6.23. The molecule has 2 heterocycles. The number of aryl methyl sites for hydroxylation is 2. The Morgan fingerprint density at radius 1 is 1.00 bits per heavy atom. The van der Waals surface area contributed by atoms with Crippen LogP contribution in [-0.4, -0.2) is 42.3 Å². The minimum atomic E-state index is -3.54. The lowest BCUT2D eigenvalue weighted by atomic mass is 10.1. The number of nitrogens with one attached hydrogen (secondary N) is 1. The van der Waals surface area contributed by atoms with Gasteiger partial charge in [-0.05, 0) is 63.9 Å². The van der Waals surface area contributed by atoms with Gasteiger partial charge in [-0.3, -0.25) is 4.79 Å². The summed E-state index contributed by atoms with van der Waals surface area (Å²) in [4.78, 5) is 13.3. The topological polar surface area (TPSA) is 71.4 Å². The molecule has 3 aromatic rings. The fourth-order valence-corrected chi connectivity index (χ4v) is 5.83. The Labute approximate surface area is 194 Å². The minimum absolute atomic E-state index is 0.126. The lowest BCUT2D eigenvalue weighted by Crippen LogP contribution is -2.46. The van der Waals surface area contributed by atoms with Crippen molar-refractivity contribution < 1.29 is 17.6 Å². The smallest absolute Gasteiger partial charge is 0.253 e. The van der Waals surface area contributed by atoms with E-state index < -0.39 is 10.0 Å². The standard InChI is InChI=1S/C25H28FN3O3S/c1-17-8-10-21(11-9-17)33(31,32)28-14-12-20(13-15-28)27-25(30)22-16-18(2)29(19(22)3)24-7-5-4-6-23(24)26/h4-11,16,20H,12-15H2,1-3H3,(H,27,30). The fraction of sp³-hybridized carbons (Fsp3) is 0.320. The molecule has 0 atom stereocenters. The number of piperidine rings is 1. The molecular weight excluding hydrogens is 441 g/mol. The van der Waals surface area contributed by atoms with E-state index in [0.29, 0.717) is 42.9 Å². The molecule has 1 aliphatic heterocycles. The molecule has 1 amide bonds. The molecule has 8 heteroatoms. The molecule has 0 bridgehead atoms. The van der Waals surface area contributed by atoms with Crippen LogP contribution in [0.4, 0.5) is 4.39 Å². The van der Waals surface area contributed by atoms with Gasteiger partial charge in [-0.15, -0.1) is 0 Å². The van der Waals surface area contributed by atoms with Crippen molar-refractivity contribution >= 4 is 15.9 Å². The minimum Gasteiger partial charge on any atom is -0.349 e. The van der Waals surface area contributed by atoms with Crippen LogP contribution >= 0.6 is 0 Å². The number of hydrogen-bond acceptors (Lipinski definition) is 3. The maximum atomic E-state index is 14.3. The van der Waals surface area contributed by atoms with Crippen molar-refractivity contribution in [1.29, 1.82) is 0 Å². The third kappa shape index (κ3) is 4.58. The first-order chi connectivity index (χ1) is 15.7. The average Bonchev–Trinajstić information content (AvgIpc) is 3.09. The number of halogens is 1. The van der Waals surface area contributed by atoms with E-state index in [1.54, 1.807) is 60.0 Å². The molecule has 0 spiro atoms. The Morgan fingerprint density at radius 2 is 1.64 bits per heavy atom. The van der Waals surface area contributed by atoms with E-state index in [0.717, 1.165) is 11.3 Å². The number of carbonyl (C=O) groups is 1. The lowest BCUT2D eigenvalue weighted by molar-refractivity contribution is 0.0923. The van der Waals surface area contributed by atoms with E-state index in [9.17, 15) is 17.6 Å². The van der Waals surface area contributed by atoms with Gasteiger partial charge >= 0.3 is 0 Å². The zero-order valence-corrected chi connectivity index (χ0v) is 19.8. The van der Waals surface area contributed by atoms with Crippen molar-refractivity contribution in [2.45, 2.75) is 44.6 Å². The van der Waals surface area contributed by atoms with Gasteiger partial charge in [0.1, 0.15) is 5.82 Å². The normalized spacial score (nSPS) is 15.5. The lowest BCUT2D eigenvalue weighted by Gasteiger charge is -2.31. The summed E-state index contributed by atoms with van der Waals surface area (Å²) in [6.07, 6.45) is 1.06. The molecule has 4 rings (SSSR count). The Balaban J connectivity index is 1.43. The number of aromatic nitrogens is 1. The number of hydrogen-bond donors (Lipinski definition) is 1. The van der Waals surface area contributed by atoms with Crippen LogP contribution in [0.15, 0.2) is 59.5 Å². The number of benzene rings is 2. The van der Waals surface area contributed by atoms with Gasteiger partial charge in [0.2, 0.25) is 10.0 Å². The van der Waals surface area contributed by atoms with Crippen molar-refractivity contribution in [3.8, 4) is 5.69 Å². The van der Waals surface area contributed by atoms with Crippen LogP contribution in [0.1, 0.15) is 40.2 Å². The predicted molar refractivity (Wildman–Crippen MR) is 126 cm³/mol. The third-order valence-corrected chi connectivity index (χ3v) is 8.13. The second-order valence-corrected chi connectivity index (χ2v) is 10.5. The van der Waals surface area contributed by atoms with Gasteiger partial charge in [0.25, 0.3) is 5.91 Å². The van der Waals surface area contributed by atoms with Gasteiger partial charge < -0.3 is 9.88 Å². The second kappa shape index (κ2) is 9.11. The summed E-state index contributed by atoms with van der Waals surface area (Å²) < 4.78 is 43.3. The summed E-state index contributed by atoms with van der Waals surface area (Å²) in [6, 6.07) is 14.9. The van der Waals surface area contributed by atoms with Crippen molar-refractivity contribution in [2.24, 2.45) is 0 Å². The highest BCUT2D eigenvalue weighted by Gasteiger charge is 2.30. The van der Waals surface area contributed by atoms with E-state index in [1.165, 1.54) is 10.4 Å². The zero-order valence-electron chi connectivity index (χ0n) is 19.0. The maximum Gasteiger partial charge on any atom is 0.253 e. The first kappa shape index (κ1) is 23.2. The van der Waals surface area contributed by atoms with Crippen molar-refractivity contribution in [3.63, 3.8) is 0 Å². The van der Waals surface area contributed by atoms with Crippen LogP contribution < -0.4 is 5.32 Å². The number of amides is 1. The Bertz CT molecular complexity index is 1270. The number of para-hydroxylation sites is 1. The van der Waals surface area contributed by atoms with Crippen LogP contribution in [0, 0.1) is 26.6 Å². The van der Waals surface area contributed by atoms with Crippen LogP contribution in [0.3, 0.4) is 0 Å². The molecule has 2 aromatic carbocycles. The predicted octanol–water partition coefficient (Wildman–Crippen LogP) is 4.12. The summed E-state index contributed by atoms with van der Waals surface area (Å²) in [7, 11) is -3.54. The second-order valence-electron chi connectivity index (χ2n) is 8.54. The van der Waals surface area contributed by atoms with Gasteiger partial charge in [-0.25, -0.2) is 12.8 Å². The van der Waals surface area contributed by atoms with Gasteiger partial charge in [-0.2, -0.15) is 4.31 Å². The van der Waals surface area contributed by atoms with E-state index in [1.807, 2.05) is 13.8 Å². The molecule has 1 aromatic heterocycles. The maximum absolute atomic E-state index is 14.3. The van der Waals surface area contributed by atoms with Crippen molar-refractivity contribution in [3.05, 3.63) is 82.9 Å². The van der Waals surface area contributed by atoms with Gasteiger partial charge in [0.05, 0.1) is 16.1 Å². The van der Waals surface area contributed by atoms with Crippen molar-refractivity contribution in [1.82, 2.24) is 14.2 Å². The van der Waals surface area contributed by atoms with Gasteiger partial charge in [-0.1, -0.05) is 29.8 Å². The molecule has 0 radical (unpaired) electrons. The summed E-state index contributed by atoms with van der Waals surface area (Å²) in [5.74, 6) is -0.584. The Hall–Kier alpha value is -2.97. The summed E-state index contributed by atoms with van der Waals surface area (Å²) >= 11 is 0. The number of sulfonamides is 1. The van der Waals surface area contributed by atoms with E-state index in [-0.39, 0.29) is 22.7 Å². The molecule has 0 aliphatic carbocycles. The molecule has 0 unspecified atom stereocenters. The van der Waals surface area contributed by atoms with Gasteiger partial charge in [0, 0.05) is 30.5 Å². The van der Waals surface area contributed by atoms with Gasteiger partial charge in [0.15, 0.2) is 0 Å². The van der Waals surface area contributed by atoms with E-state index in [2.05, 4.69) is 5.32 Å². The Kier molecular flexibility index (Phi) is 6.41. The number of nitrogens with zero attached hydrogens (tertiary/aromatic N) is 2. The Morgan fingerprint density at radius 3 is 2.27 bits per heavy atom. The quantitative estimate of drug-likeness (QED) is 0.611. The van der Waals surface area contributed by atoms with Crippen molar-refractivity contribution in [2.75, 3.05) is 13.1 Å². The monoisotopic (exact) mass is 469 g/mol. The summed E-state index contributed by atoms with van der Waals surface area (Å²) in [5.41, 5.74) is 3.33. The highest BCUT2D eigenvalue weighted by Crippen LogP contribution is 2.24. The molecular formula is C25H28FN3O3S. The SMILES string of the molecule is Cc1ccc(S(=O)(=O)N2CCC(NC(=O)c3cc(C)n(-c4ccccc4F)c3C)CC2)cc1. The number of rotatable bonds is 5. The number of carbonyl (C=O) groups excluding carboxylic acids is 1. The molecule has 1 saturated heterocycles. The van der Waals surface area contributed by atoms with Crippen LogP contribution in [-0.2, 0) is 10.0 Å². The van der Waals surface area contributed by atoms with Crippen LogP contribution in [0.2, 0.25) is 0 Å². The van der Waals surface area contributed by atoms with E-state index >= 15 is 0 Å². The van der Waals surface area contributed by atoms with Crippen LogP contribution in [0.25, 0.3) is 5.69 Å². The first-order valence-electron chi connectivity index (χ1n) is 11.0. The highest BCUT2D eigenvalue weighted by molar-refractivity contribution is 7.89. The molecule has 33 heavy (non-hydrogen) atoms. The molecule has 6 nitrogen and oxygen atoms in total. The largest absolute Gasteiger partial charge is 0.349 e. The molecule has 1 fully saturated rings. The summed E-state index contributed by atoms with van der Waals surface area (Å²) in [5, 5.41) is 3.03. The van der Waals surface area contributed by atoms with Crippen LogP contribution in [0.5, 0.6) is 0 Å². The first-order valence-corrected chi connectivity index (χ1v) is 12.4. The highest BCUT2D eigenvalue weighted by atomic mass is 32.2. The van der Waals surface area contributed by atoms with E-state index in [4.69, 9.17) is 0 Å². The zero-order chi connectivity index (χ0) is 23.8. The molecule has 1 N–H and O–H groups in total. The molecule has 174 valence electrons.